The molecule has 1 aliphatic heterocycles. The van der Waals surface area contributed by atoms with Crippen LogP contribution in [0, 0.1) is 0 Å². The Balaban J connectivity index is 2.28. The van der Waals surface area contributed by atoms with Crippen LogP contribution in [0.3, 0.4) is 0 Å². The lowest BCUT2D eigenvalue weighted by molar-refractivity contribution is -0.130. The van der Waals surface area contributed by atoms with Crippen LogP contribution >= 0.6 is 0 Å². The summed E-state index contributed by atoms with van der Waals surface area (Å²) in [6.45, 7) is 6.48. The van der Waals surface area contributed by atoms with Crippen LogP contribution in [-0.2, 0) is 14.9 Å². The summed E-state index contributed by atoms with van der Waals surface area (Å²) in [6.07, 6.45) is 1.65. The third-order valence-corrected chi connectivity index (χ3v) is 3.00. The fourth-order valence-electron chi connectivity index (χ4n) is 1.88. The molecular formula is C16H20N2O2. The number of cyclic esters (lactones) is 1. The maximum absolute atomic E-state index is 11.7. The zero-order chi connectivity index (χ0) is 14.9. The molecule has 0 N–H and O–H groups in total. The van der Waals surface area contributed by atoms with Crippen molar-refractivity contribution in [2.24, 2.45) is 4.99 Å². The Bertz CT molecular complexity index is 575. The Labute approximate surface area is 119 Å². The molecule has 2 rings (SSSR count). The van der Waals surface area contributed by atoms with Gasteiger partial charge in [0.15, 0.2) is 5.70 Å². The van der Waals surface area contributed by atoms with Gasteiger partial charge in [-0.1, -0.05) is 32.9 Å². The summed E-state index contributed by atoms with van der Waals surface area (Å²) in [5, 5.41) is 0. The highest BCUT2D eigenvalue weighted by Gasteiger charge is 2.24. The lowest BCUT2D eigenvalue weighted by Crippen LogP contribution is -2.12. The van der Waals surface area contributed by atoms with Crippen molar-refractivity contribution in [3.05, 3.63) is 47.3 Å². The molecule has 1 aromatic carbocycles. The van der Waals surface area contributed by atoms with E-state index in [1.54, 1.807) is 11.1 Å². The third-order valence-electron chi connectivity index (χ3n) is 3.00. The Morgan fingerprint density at radius 2 is 1.75 bits per heavy atom. The number of nitrogens with zero attached hydrogens (tertiary/aromatic N) is 2. The van der Waals surface area contributed by atoms with Gasteiger partial charge in [-0.15, -0.1) is 0 Å². The first-order chi connectivity index (χ1) is 9.27. The van der Waals surface area contributed by atoms with E-state index in [0.717, 1.165) is 5.56 Å². The lowest BCUT2D eigenvalue weighted by atomic mass is 9.87. The Morgan fingerprint density at radius 1 is 1.15 bits per heavy atom. The molecule has 106 valence electrons. The molecule has 0 amide bonds. The summed E-state index contributed by atoms with van der Waals surface area (Å²) in [4.78, 5) is 17.7. The van der Waals surface area contributed by atoms with Crippen molar-refractivity contribution in [3.8, 4) is 0 Å². The second-order valence-electron chi connectivity index (χ2n) is 6.11. The minimum Gasteiger partial charge on any atom is -0.402 e. The molecule has 1 aromatic rings. The third kappa shape index (κ3) is 3.07. The second-order valence-corrected chi connectivity index (χ2v) is 6.11. The van der Waals surface area contributed by atoms with Gasteiger partial charge in [-0.2, -0.15) is 0 Å². The summed E-state index contributed by atoms with van der Waals surface area (Å²) in [7, 11) is 3.68. The van der Waals surface area contributed by atoms with Crippen molar-refractivity contribution in [2.75, 3.05) is 14.1 Å². The fourth-order valence-corrected chi connectivity index (χ4v) is 1.88. The van der Waals surface area contributed by atoms with Crippen LogP contribution in [0.15, 0.2) is 41.2 Å². The summed E-state index contributed by atoms with van der Waals surface area (Å²) < 4.78 is 5.20. The highest BCUT2D eigenvalue weighted by Crippen LogP contribution is 2.23. The number of carbonyl (C=O) groups excluding carboxylic acids is 1. The summed E-state index contributed by atoms with van der Waals surface area (Å²) in [6, 6.07) is 7.95. The summed E-state index contributed by atoms with van der Waals surface area (Å²) >= 11 is 0. The van der Waals surface area contributed by atoms with E-state index in [1.807, 2.05) is 38.4 Å². The largest absolute Gasteiger partial charge is 0.402 e. The number of rotatable bonds is 2. The molecule has 0 spiro atoms. The van der Waals surface area contributed by atoms with E-state index in [-0.39, 0.29) is 5.41 Å². The second kappa shape index (κ2) is 5.12. The van der Waals surface area contributed by atoms with E-state index in [0.29, 0.717) is 11.6 Å². The molecule has 0 radical (unpaired) electrons. The highest BCUT2D eigenvalue weighted by atomic mass is 16.6. The summed E-state index contributed by atoms with van der Waals surface area (Å²) in [5.74, 6) is -0.0443. The molecule has 0 saturated carbocycles. The average molecular weight is 272 g/mol. The van der Waals surface area contributed by atoms with Gasteiger partial charge in [0.2, 0.25) is 5.90 Å². The number of hydrogen-bond donors (Lipinski definition) is 0. The Morgan fingerprint density at radius 3 is 2.25 bits per heavy atom. The molecule has 0 fully saturated rings. The molecule has 1 heterocycles. The van der Waals surface area contributed by atoms with E-state index in [9.17, 15) is 4.79 Å². The summed E-state index contributed by atoms with van der Waals surface area (Å²) in [5.41, 5.74) is 2.47. The molecule has 0 atom stereocenters. The van der Waals surface area contributed by atoms with Crippen LogP contribution in [0.25, 0.3) is 0 Å². The number of esters is 1. The van der Waals surface area contributed by atoms with Crippen LogP contribution < -0.4 is 0 Å². The lowest BCUT2D eigenvalue weighted by Gasteiger charge is -2.18. The minimum absolute atomic E-state index is 0.0999. The van der Waals surface area contributed by atoms with Crippen molar-refractivity contribution in [1.29, 1.82) is 0 Å². The molecule has 20 heavy (non-hydrogen) atoms. The molecule has 0 aliphatic carbocycles. The molecular weight excluding hydrogens is 252 g/mol. The van der Waals surface area contributed by atoms with E-state index >= 15 is 0 Å². The van der Waals surface area contributed by atoms with Crippen molar-refractivity contribution in [3.63, 3.8) is 0 Å². The maximum Gasteiger partial charge on any atom is 0.365 e. The SMILES string of the molecule is CN(C)/C=C1\N=C(c2ccc(C(C)(C)C)cc2)OC1=O. The van der Waals surface area contributed by atoms with Gasteiger partial charge in [-0.25, -0.2) is 9.79 Å². The molecule has 0 aromatic heterocycles. The molecule has 4 nitrogen and oxygen atoms in total. The monoisotopic (exact) mass is 272 g/mol. The number of ether oxygens (including phenoxy) is 1. The van der Waals surface area contributed by atoms with Crippen LogP contribution in [0.1, 0.15) is 31.9 Å². The van der Waals surface area contributed by atoms with Crippen molar-refractivity contribution in [2.45, 2.75) is 26.2 Å². The van der Waals surface area contributed by atoms with Gasteiger partial charge in [0.25, 0.3) is 0 Å². The van der Waals surface area contributed by atoms with Gasteiger partial charge in [0.05, 0.1) is 0 Å². The van der Waals surface area contributed by atoms with Crippen molar-refractivity contribution in [1.82, 2.24) is 4.90 Å². The molecule has 4 heteroatoms. The molecule has 0 saturated heterocycles. The van der Waals surface area contributed by atoms with Gasteiger partial charge >= 0.3 is 5.97 Å². The zero-order valence-electron chi connectivity index (χ0n) is 12.6. The number of aliphatic imine (C=N–C) groups is 1. The van der Waals surface area contributed by atoms with E-state index < -0.39 is 5.97 Å². The van der Waals surface area contributed by atoms with E-state index in [1.165, 1.54) is 5.56 Å². The quantitative estimate of drug-likeness (QED) is 0.614. The van der Waals surface area contributed by atoms with Gasteiger partial charge < -0.3 is 9.64 Å². The van der Waals surface area contributed by atoms with Crippen LogP contribution in [0.4, 0.5) is 0 Å². The zero-order valence-corrected chi connectivity index (χ0v) is 12.6. The Hall–Kier alpha value is -2.10. The van der Waals surface area contributed by atoms with E-state index in [4.69, 9.17) is 4.74 Å². The first-order valence-electron chi connectivity index (χ1n) is 6.57. The normalized spacial score (nSPS) is 17.1. The average Bonchev–Trinajstić information content (AvgIpc) is 2.69. The predicted molar refractivity (Wildman–Crippen MR) is 79.5 cm³/mol. The number of hydrogen-bond acceptors (Lipinski definition) is 4. The van der Waals surface area contributed by atoms with Gasteiger partial charge in [0.1, 0.15) is 0 Å². The van der Waals surface area contributed by atoms with Crippen LogP contribution in [0.5, 0.6) is 0 Å². The standard InChI is InChI=1S/C16H20N2O2/c1-16(2,3)12-8-6-11(7-9-12)14-17-13(10-18(4)5)15(19)20-14/h6-10H,1-5H3/b13-10-. The minimum atomic E-state index is -0.409. The van der Waals surface area contributed by atoms with Gasteiger partial charge in [0, 0.05) is 25.9 Å². The van der Waals surface area contributed by atoms with Crippen LogP contribution in [-0.4, -0.2) is 30.9 Å². The maximum atomic E-state index is 11.7. The smallest absolute Gasteiger partial charge is 0.365 e. The number of carbonyl (C=O) groups is 1. The Kier molecular flexibility index (Phi) is 3.66. The van der Waals surface area contributed by atoms with Gasteiger partial charge in [-0.3, -0.25) is 0 Å². The predicted octanol–water partition coefficient (Wildman–Crippen LogP) is 2.69. The van der Waals surface area contributed by atoms with Crippen LogP contribution in [0.2, 0.25) is 0 Å². The van der Waals surface area contributed by atoms with Crippen molar-refractivity contribution < 1.29 is 9.53 Å². The van der Waals surface area contributed by atoms with Gasteiger partial charge in [-0.05, 0) is 23.1 Å². The topological polar surface area (TPSA) is 41.9 Å². The molecule has 0 unspecified atom stereocenters. The number of benzene rings is 1. The first-order valence-corrected chi connectivity index (χ1v) is 6.57. The van der Waals surface area contributed by atoms with Crippen molar-refractivity contribution >= 4 is 11.9 Å². The highest BCUT2D eigenvalue weighted by molar-refractivity contribution is 6.11. The molecule has 0 bridgehead atoms. The fraction of sp³-hybridized carbons (Fsp3) is 0.375. The first kappa shape index (κ1) is 14.3. The van der Waals surface area contributed by atoms with E-state index in [2.05, 4.69) is 25.8 Å². The molecule has 1 aliphatic rings.